The highest BCUT2D eigenvalue weighted by Crippen LogP contribution is 2.04. The van der Waals surface area contributed by atoms with Crippen molar-refractivity contribution in [2.24, 2.45) is 5.92 Å². The van der Waals surface area contributed by atoms with Gasteiger partial charge in [0.2, 0.25) is 5.91 Å². The third kappa shape index (κ3) is 9.47. The van der Waals surface area contributed by atoms with Crippen LogP contribution in [0.5, 0.6) is 0 Å². The second-order valence-corrected chi connectivity index (χ2v) is 3.37. The number of amides is 1. The summed E-state index contributed by atoms with van der Waals surface area (Å²) in [5.74, 6) is 0.863. The molecule has 68 valence electrons. The lowest BCUT2D eigenvalue weighted by Crippen LogP contribution is -2.20. The standard InChI is InChI=1S/C9H19NO.H2/c1-8(2)6-4-5-7-10-9(3)11;/h8H,4-7H2,1-3H3,(H,10,11);1H. The van der Waals surface area contributed by atoms with Gasteiger partial charge in [-0.05, 0) is 12.3 Å². The first-order chi connectivity index (χ1) is 5.13. The molecule has 0 atom stereocenters. The molecule has 0 unspecified atom stereocenters. The maximum Gasteiger partial charge on any atom is 0.216 e. The summed E-state index contributed by atoms with van der Waals surface area (Å²) in [6.07, 6.45) is 3.59. The van der Waals surface area contributed by atoms with Crippen LogP contribution in [-0.4, -0.2) is 12.5 Å². The van der Waals surface area contributed by atoms with Gasteiger partial charge in [0.1, 0.15) is 0 Å². The van der Waals surface area contributed by atoms with Gasteiger partial charge in [0, 0.05) is 14.9 Å². The Morgan fingerprint density at radius 3 is 2.55 bits per heavy atom. The predicted molar refractivity (Wildman–Crippen MR) is 49.5 cm³/mol. The second-order valence-electron chi connectivity index (χ2n) is 3.37. The molecule has 0 spiro atoms. The lowest BCUT2D eigenvalue weighted by molar-refractivity contribution is -0.118. The first-order valence-electron chi connectivity index (χ1n) is 4.37. The van der Waals surface area contributed by atoms with Gasteiger partial charge in [-0.25, -0.2) is 0 Å². The van der Waals surface area contributed by atoms with E-state index in [9.17, 15) is 4.79 Å². The van der Waals surface area contributed by atoms with Crippen LogP contribution < -0.4 is 5.32 Å². The van der Waals surface area contributed by atoms with Gasteiger partial charge in [0.15, 0.2) is 0 Å². The first kappa shape index (κ1) is 10.5. The Bertz CT molecular complexity index is 115. The van der Waals surface area contributed by atoms with E-state index in [1.165, 1.54) is 12.8 Å². The molecular weight excluding hydrogens is 138 g/mol. The molecule has 0 aliphatic heterocycles. The summed E-state index contributed by atoms with van der Waals surface area (Å²) in [5.41, 5.74) is 0. The molecule has 0 heterocycles. The van der Waals surface area contributed by atoms with E-state index in [1.807, 2.05) is 0 Å². The highest BCUT2D eigenvalue weighted by atomic mass is 16.1. The molecule has 0 aromatic carbocycles. The van der Waals surface area contributed by atoms with Crippen molar-refractivity contribution >= 4 is 5.91 Å². The van der Waals surface area contributed by atoms with Crippen molar-refractivity contribution in [3.05, 3.63) is 0 Å². The molecule has 1 amide bonds. The molecule has 0 saturated heterocycles. The van der Waals surface area contributed by atoms with E-state index >= 15 is 0 Å². The van der Waals surface area contributed by atoms with Crippen LogP contribution in [0.2, 0.25) is 0 Å². The largest absolute Gasteiger partial charge is 0.356 e. The third-order valence-electron chi connectivity index (χ3n) is 1.58. The van der Waals surface area contributed by atoms with Gasteiger partial charge in [-0.1, -0.05) is 26.7 Å². The zero-order valence-electron chi connectivity index (χ0n) is 7.81. The Hall–Kier alpha value is -0.530. The normalized spacial score (nSPS) is 10.2. The van der Waals surface area contributed by atoms with Crippen molar-refractivity contribution in [2.45, 2.75) is 40.0 Å². The van der Waals surface area contributed by atoms with Crippen LogP contribution >= 0.6 is 0 Å². The SMILES string of the molecule is CC(=O)NCCCCC(C)C.[HH]. The van der Waals surface area contributed by atoms with Gasteiger partial charge >= 0.3 is 0 Å². The Morgan fingerprint density at radius 1 is 1.45 bits per heavy atom. The van der Waals surface area contributed by atoms with Crippen LogP contribution in [0.3, 0.4) is 0 Å². The van der Waals surface area contributed by atoms with Crippen molar-refractivity contribution in [3.8, 4) is 0 Å². The molecule has 0 aliphatic carbocycles. The predicted octanol–water partition coefficient (Wildman–Crippen LogP) is 2.19. The maximum absolute atomic E-state index is 10.4. The van der Waals surface area contributed by atoms with Crippen LogP contribution in [0, 0.1) is 5.92 Å². The Morgan fingerprint density at radius 2 is 2.09 bits per heavy atom. The molecule has 1 N–H and O–H groups in total. The summed E-state index contributed by atoms with van der Waals surface area (Å²) in [5, 5.41) is 2.78. The van der Waals surface area contributed by atoms with Crippen LogP contribution in [0.4, 0.5) is 0 Å². The van der Waals surface area contributed by atoms with Gasteiger partial charge in [-0.15, -0.1) is 0 Å². The number of rotatable bonds is 5. The van der Waals surface area contributed by atoms with E-state index in [-0.39, 0.29) is 7.33 Å². The molecule has 0 rings (SSSR count). The van der Waals surface area contributed by atoms with Gasteiger partial charge in [0.25, 0.3) is 0 Å². The highest BCUT2D eigenvalue weighted by molar-refractivity contribution is 5.72. The molecule has 0 saturated carbocycles. The van der Waals surface area contributed by atoms with Gasteiger partial charge in [0.05, 0.1) is 0 Å². The fraction of sp³-hybridized carbons (Fsp3) is 0.889. The fourth-order valence-corrected chi connectivity index (χ4v) is 0.942. The molecular formula is C9H21NO. The van der Waals surface area contributed by atoms with Gasteiger partial charge < -0.3 is 5.32 Å². The van der Waals surface area contributed by atoms with Gasteiger partial charge in [-0.3, -0.25) is 4.79 Å². The zero-order valence-corrected chi connectivity index (χ0v) is 7.81. The van der Waals surface area contributed by atoms with E-state index in [1.54, 1.807) is 6.92 Å². The van der Waals surface area contributed by atoms with E-state index in [0.717, 1.165) is 18.9 Å². The zero-order chi connectivity index (χ0) is 8.69. The lowest BCUT2D eigenvalue weighted by atomic mass is 10.1. The topological polar surface area (TPSA) is 29.1 Å². The average Bonchev–Trinajstić information content (AvgIpc) is 1.85. The number of carbonyl (C=O) groups is 1. The summed E-state index contributed by atoms with van der Waals surface area (Å²) < 4.78 is 0. The van der Waals surface area contributed by atoms with Crippen LogP contribution in [0.25, 0.3) is 0 Å². The van der Waals surface area contributed by atoms with Crippen LogP contribution in [0.15, 0.2) is 0 Å². The maximum atomic E-state index is 10.4. The molecule has 0 aromatic heterocycles. The minimum absolute atomic E-state index is 0. The Kier molecular flexibility index (Phi) is 5.90. The number of hydrogen-bond donors (Lipinski definition) is 1. The van der Waals surface area contributed by atoms with Crippen molar-refractivity contribution in [1.82, 2.24) is 5.32 Å². The molecule has 0 radical (unpaired) electrons. The monoisotopic (exact) mass is 159 g/mol. The summed E-state index contributed by atoms with van der Waals surface area (Å²) in [6.45, 7) is 6.83. The molecule has 2 nitrogen and oxygen atoms in total. The highest BCUT2D eigenvalue weighted by Gasteiger charge is 1.94. The van der Waals surface area contributed by atoms with Crippen molar-refractivity contribution in [2.75, 3.05) is 6.54 Å². The van der Waals surface area contributed by atoms with Crippen LogP contribution in [0.1, 0.15) is 41.5 Å². The molecule has 0 fully saturated rings. The molecule has 2 heteroatoms. The Labute approximate surface area is 70.9 Å². The summed E-state index contributed by atoms with van der Waals surface area (Å²) >= 11 is 0. The molecule has 0 aliphatic rings. The Balaban J connectivity index is 0. The van der Waals surface area contributed by atoms with E-state index in [4.69, 9.17) is 0 Å². The number of hydrogen-bond acceptors (Lipinski definition) is 1. The van der Waals surface area contributed by atoms with E-state index in [2.05, 4.69) is 19.2 Å². The molecule has 0 aromatic rings. The summed E-state index contributed by atoms with van der Waals surface area (Å²) in [4.78, 5) is 10.4. The minimum atomic E-state index is 0. The first-order valence-corrected chi connectivity index (χ1v) is 4.37. The quantitative estimate of drug-likeness (QED) is 0.612. The lowest BCUT2D eigenvalue weighted by Gasteiger charge is -2.04. The minimum Gasteiger partial charge on any atom is -0.356 e. The average molecular weight is 159 g/mol. The fourth-order valence-electron chi connectivity index (χ4n) is 0.942. The second kappa shape index (κ2) is 6.20. The molecule has 0 bridgehead atoms. The smallest absolute Gasteiger partial charge is 0.216 e. The number of carbonyl (C=O) groups excluding carboxylic acids is 1. The van der Waals surface area contributed by atoms with Crippen LogP contribution in [-0.2, 0) is 4.79 Å². The van der Waals surface area contributed by atoms with Crippen molar-refractivity contribution < 1.29 is 6.22 Å². The van der Waals surface area contributed by atoms with Crippen molar-refractivity contribution in [1.29, 1.82) is 0 Å². The van der Waals surface area contributed by atoms with Crippen molar-refractivity contribution in [3.63, 3.8) is 0 Å². The molecule has 11 heavy (non-hydrogen) atoms. The van der Waals surface area contributed by atoms with E-state index in [0.29, 0.717) is 0 Å². The number of unbranched alkanes of at least 4 members (excludes halogenated alkanes) is 1. The summed E-state index contributed by atoms with van der Waals surface area (Å²) in [6, 6.07) is 0. The van der Waals surface area contributed by atoms with E-state index < -0.39 is 0 Å². The third-order valence-corrected chi connectivity index (χ3v) is 1.58. The number of nitrogens with one attached hydrogen (secondary N) is 1. The summed E-state index contributed by atoms with van der Waals surface area (Å²) in [7, 11) is 0. The van der Waals surface area contributed by atoms with Gasteiger partial charge in [-0.2, -0.15) is 0 Å².